The lowest BCUT2D eigenvalue weighted by molar-refractivity contribution is -0.123. The topological polar surface area (TPSA) is 84.6 Å². The second kappa shape index (κ2) is 8.24. The molecule has 0 aromatic rings. The van der Waals surface area contributed by atoms with Crippen LogP contribution >= 0.6 is 0 Å². The SMILES string of the molecule is C#CCC(N)C(=O)NC(CCO)COC. The maximum atomic E-state index is 11.4. The molecule has 0 bridgehead atoms. The standard InChI is InChI=1S/C10H18N2O3/c1-3-4-9(11)10(14)12-8(5-6-13)7-15-2/h1,8-9,13H,4-7,11H2,2H3,(H,12,14). The molecule has 5 nitrogen and oxygen atoms in total. The van der Waals surface area contributed by atoms with Gasteiger partial charge in [0.2, 0.25) is 5.91 Å². The van der Waals surface area contributed by atoms with Crippen LogP contribution in [0.2, 0.25) is 0 Å². The van der Waals surface area contributed by atoms with Crippen LogP contribution in [0.4, 0.5) is 0 Å². The van der Waals surface area contributed by atoms with E-state index >= 15 is 0 Å². The number of hydrogen-bond donors (Lipinski definition) is 3. The summed E-state index contributed by atoms with van der Waals surface area (Å²) < 4.78 is 4.89. The average molecular weight is 214 g/mol. The summed E-state index contributed by atoms with van der Waals surface area (Å²) in [6.45, 7) is 0.327. The van der Waals surface area contributed by atoms with E-state index < -0.39 is 6.04 Å². The monoisotopic (exact) mass is 214 g/mol. The minimum Gasteiger partial charge on any atom is -0.396 e. The van der Waals surface area contributed by atoms with Crippen molar-refractivity contribution in [1.82, 2.24) is 5.32 Å². The Morgan fingerprint density at radius 2 is 2.40 bits per heavy atom. The zero-order chi connectivity index (χ0) is 11.7. The fraction of sp³-hybridized carbons (Fsp3) is 0.700. The Morgan fingerprint density at radius 1 is 1.73 bits per heavy atom. The summed E-state index contributed by atoms with van der Waals surface area (Å²) in [4.78, 5) is 11.4. The number of methoxy groups -OCH3 is 1. The van der Waals surface area contributed by atoms with Crippen LogP contribution < -0.4 is 11.1 Å². The van der Waals surface area contributed by atoms with Crippen molar-refractivity contribution in [3.63, 3.8) is 0 Å². The van der Waals surface area contributed by atoms with E-state index in [1.807, 2.05) is 0 Å². The quantitative estimate of drug-likeness (QED) is 0.467. The number of nitrogens with one attached hydrogen (secondary N) is 1. The number of carbonyl (C=O) groups excluding carboxylic acids is 1. The van der Waals surface area contributed by atoms with Gasteiger partial charge in [-0.25, -0.2) is 0 Å². The number of aliphatic hydroxyl groups excluding tert-OH is 1. The van der Waals surface area contributed by atoms with Crippen molar-refractivity contribution in [3.05, 3.63) is 0 Å². The number of aliphatic hydroxyl groups is 1. The molecule has 0 spiro atoms. The highest BCUT2D eigenvalue weighted by Gasteiger charge is 2.16. The van der Waals surface area contributed by atoms with Crippen molar-refractivity contribution >= 4 is 5.91 Å². The van der Waals surface area contributed by atoms with Gasteiger partial charge in [-0.15, -0.1) is 12.3 Å². The fourth-order valence-electron chi connectivity index (χ4n) is 1.08. The molecule has 15 heavy (non-hydrogen) atoms. The summed E-state index contributed by atoms with van der Waals surface area (Å²) in [5.74, 6) is 2.00. The van der Waals surface area contributed by atoms with Gasteiger partial charge in [-0.05, 0) is 6.42 Å². The Morgan fingerprint density at radius 3 is 2.87 bits per heavy atom. The smallest absolute Gasteiger partial charge is 0.238 e. The minimum atomic E-state index is -0.701. The van der Waals surface area contributed by atoms with Gasteiger partial charge >= 0.3 is 0 Å². The van der Waals surface area contributed by atoms with E-state index in [2.05, 4.69) is 11.2 Å². The summed E-state index contributed by atoms with van der Waals surface area (Å²) in [7, 11) is 1.53. The molecule has 0 saturated carbocycles. The van der Waals surface area contributed by atoms with Crippen molar-refractivity contribution in [2.24, 2.45) is 5.73 Å². The molecule has 86 valence electrons. The minimum absolute atomic E-state index is 0.0152. The Balaban J connectivity index is 4.04. The van der Waals surface area contributed by atoms with Crippen LogP contribution in [0.3, 0.4) is 0 Å². The van der Waals surface area contributed by atoms with Gasteiger partial charge in [-0.1, -0.05) is 0 Å². The Bertz CT molecular complexity index is 219. The van der Waals surface area contributed by atoms with E-state index in [4.69, 9.17) is 22.0 Å². The molecule has 2 atom stereocenters. The van der Waals surface area contributed by atoms with Gasteiger partial charge < -0.3 is 20.9 Å². The summed E-state index contributed by atoms with van der Waals surface area (Å²) in [5, 5.41) is 11.4. The molecule has 1 amide bonds. The van der Waals surface area contributed by atoms with Gasteiger partial charge in [0.15, 0.2) is 0 Å². The van der Waals surface area contributed by atoms with E-state index in [-0.39, 0.29) is 25.0 Å². The van der Waals surface area contributed by atoms with Crippen LogP contribution in [0.1, 0.15) is 12.8 Å². The summed E-state index contributed by atoms with van der Waals surface area (Å²) >= 11 is 0. The molecule has 0 aliphatic rings. The molecule has 0 radical (unpaired) electrons. The first-order valence-corrected chi connectivity index (χ1v) is 4.74. The number of amides is 1. The predicted molar refractivity (Wildman–Crippen MR) is 56.9 cm³/mol. The van der Waals surface area contributed by atoms with Crippen LogP contribution in [0.15, 0.2) is 0 Å². The first-order valence-electron chi connectivity index (χ1n) is 4.74. The largest absolute Gasteiger partial charge is 0.396 e. The highest BCUT2D eigenvalue weighted by molar-refractivity contribution is 5.82. The number of ether oxygens (including phenoxy) is 1. The molecule has 0 saturated heterocycles. The van der Waals surface area contributed by atoms with Gasteiger partial charge in [-0.3, -0.25) is 4.79 Å². The summed E-state index contributed by atoms with van der Waals surface area (Å²) in [6.07, 6.45) is 5.67. The van der Waals surface area contributed by atoms with E-state index in [1.54, 1.807) is 0 Å². The first-order chi connectivity index (χ1) is 7.15. The van der Waals surface area contributed by atoms with E-state index in [1.165, 1.54) is 7.11 Å². The molecule has 0 aromatic carbocycles. The Labute approximate surface area is 90.0 Å². The van der Waals surface area contributed by atoms with Crippen molar-refractivity contribution in [1.29, 1.82) is 0 Å². The molecule has 5 heteroatoms. The third-order valence-electron chi connectivity index (χ3n) is 1.87. The van der Waals surface area contributed by atoms with Crippen molar-refractivity contribution in [2.75, 3.05) is 20.3 Å². The molecule has 4 N–H and O–H groups in total. The third kappa shape index (κ3) is 6.07. The third-order valence-corrected chi connectivity index (χ3v) is 1.87. The molecular formula is C10H18N2O3. The van der Waals surface area contributed by atoms with Gasteiger partial charge in [-0.2, -0.15) is 0 Å². The second-order valence-corrected chi connectivity index (χ2v) is 3.19. The molecule has 0 aromatic heterocycles. The van der Waals surface area contributed by atoms with Crippen LogP contribution in [-0.2, 0) is 9.53 Å². The fourth-order valence-corrected chi connectivity index (χ4v) is 1.08. The molecule has 0 fully saturated rings. The van der Waals surface area contributed by atoms with E-state index in [0.29, 0.717) is 13.0 Å². The molecule has 2 unspecified atom stereocenters. The average Bonchev–Trinajstić information content (AvgIpc) is 2.18. The maximum absolute atomic E-state index is 11.4. The molecule has 0 heterocycles. The lowest BCUT2D eigenvalue weighted by atomic mass is 10.1. The highest BCUT2D eigenvalue weighted by atomic mass is 16.5. The van der Waals surface area contributed by atoms with Gasteiger partial charge in [0.1, 0.15) is 0 Å². The van der Waals surface area contributed by atoms with Crippen LogP contribution in [0.25, 0.3) is 0 Å². The maximum Gasteiger partial charge on any atom is 0.238 e. The first kappa shape index (κ1) is 13.9. The summed E-state index contributed by atoms with van der Waals surface area (Å²) in [6, 6.07) is -0.927. The zero-order valence-electron chi connectivity index (χ0n) is 8.90. The Kier molecular flexibility index (Phi) is 7.64. The van der Waals surface area contributed by atoms with Crippen molar-refractivity contribution in [2.45, 2.75) is 24.9 Å². The van der Waals surface area contributed by atoms with E-state index in [9.17, 15) is 4.79 Å². The van der Waals surface area contributed by atoms with E-state index in [0.717, 1.165) is 0 Å². The molecular weight excluding hydrogens is 196 g/mol. The van der Waals surface area contributed by atoms with Crippen LogP contribution in [0.5, 0.6) is 0 Å². The van der Waals surface area contributed by atoms with Crippen LogP contribution in [0, 0.1) is 12.3 Å². The van der Waals surface area contributed by atoms with Crippen LogP contribution in [-0.4, -0.2) is 43.4 Å². The number of hydrogen-bond acceptors (Lipinski definition) is 4. The van der Waals surface area contributed by atoms with Crippen molar-refractivity contribution < 1.29 is 14.6 Å². The van der Waals surface area contributed by atoms with Gasteiger partial charge in [0.25, 0.3) is 0 Å². The summed E-state index contributed by atoms with van der Waals surface area (Å²) in [5.41, 5.74) is 5.51. The van der Waals surface area contributed by atoms with Crippen molar-refractivity contribution in [3.8, 4) is 12.3 Å². The molecule has 0 rings (SSSR count). The number of carbonyl (C=O) groups is 1. The lowest BCUT2D eigenvalue weighted by Crippen LogP contribution is -2.47. The number of nitrogens with two attached hydrogens (primary N) is 1. The normalized spacial score (nSPS) is 14.0. The lowest BCUT2D eigenvalue weighted by Gasteiger charge is -2.18. The number of terminal acetylenes is 1. The zero-order valence-corrected chi connectivity index (χ0v) is 8.90. The number of rotatable bonds is 7. The van der Waals surface area contributed by atoms with Gasteiger partial charge in [0.05, 0.1) is 18.7 Å². The van der Waals surface area contributed by atoms with Gasteiger partial charge in [0, 0.05) is 20.1 Å². The molecule has 0 aliphatic carbocycles. The second-order valence-electron chi connectivity index (χ2n) is 3.19. The Hall–Kier alpha value is -1.09. The highest BCUT2D eigenvalue weighted by Crippen LogP contribution is 1.94. The predicted octanol–water partition coefficient (Wildman–Crippen LogP) is -1.15. The molecule has 0 aliphatic heterocycles.